The summed E-state index contributed by atoms with van der Waals surface area (Å²) in [4.78, 5) is 0. The second-order valence-electron chi connectivity index (χ2n) is 3.62. The van der Waals surface area contributed by atoms with Gasteiger partial charge in [-0.1, -0.05) is 0 Å². The highest BCUT2D eigenvalue weighted by Crippen LogP contribution is 2.15. The molecule has 0 atom stereocenters. The lowest BCUT2D eigenvalue weighted by molar-refractivity contribution is 0.0714. The molecule has 0 amide bonds. The van der Waals surface area contributed by atoms with E-state index in [2.05, 4.69) is 5.32 Å². The molecule has 0 bridgehead atoms. The molecule has 0 unspecified atom stereocenters. The van der Waals surface area contributed by atoms with Crippen LogP contribution in [0.5, 0.6) is 0 Å². The minimum atomic E-state index is -2.45. The van der Waals surface area contributed by atoms with Crippen molar-refractivity contribution in [1.82, 2.24) is 5.32 Å². The van der Waals surface area contributed by atoms with Gasteiger partial charge in [0.15, 0.2) is 0 Å². The molecule has 5 nitrogen and oxygen atoms in total. The number of nitrogens with two attached hydrogens (primary N) is 1. The minimum Gasteiger partial charge on any atom is -0.374 e. The van der Waals surface area contributed by atoms with Crippen LogP contribution in [0.1, 0.15) is 27.2 Å². The maximum Gasteiger partial charge on any atom is 0.502 e. The number of nitrogens with one attached hydrogen (secondary N) is 1. The van der Waals surface area contributed by atoms with Crippen LogP contribution in [0.15, 0.2) is 0 Å². The van der Waals surface area contributed by atoms with Crippen molar-refractivity contribution in [2.24, 2.45) is 5.73 Å². The fraction of sp³-hybridized carbons (Fsp3) is 1.00. The van der Waals surface area contributed by atoms with Crippen LogP contribution < -0.4 is 11.1 Å². The summed E-state index contributed by atoms with van der Waals surface area (Å²) in [6.07, 6.45) is 0.993. The maximum absolute atomic E-state index is 5.75. The molecule has 104 valence electrons. The average molecular weight is 264 g/mol. The van der Waals surface area contributed by atoms with Crippen LogP contribution in [-0.2, 0) is 13.3 Å². The molecule has 0 aliphatic rings. The smallest absolute Gasteiger partial charge is 0.374 e. The summed E-state index contributed by atoms with van der Waals surface area (Å²) in [5.74, 6) is 0. The molecule has 17 heavy (non-hydrogen) atoms. The van der Waals surface area contributed by atoms with Gasteiger partial charge in [0, 0.05) is 25.9 Å². The Morgan fingerprint density at radius 1 is 0.941 bits per heavy atom. The van der Waals surface area contributed by atoms with E-state index in [-0.39, 0.29) is 0 Å². The zero-order valence-electron chi connectivity index (χ0n) is 11.5. The highest BCUT2D eigenvalue weighted by Gasteiger charge is 2.39. The summed E-state index contributed by atoms with van der Waals surface area (Å²) in [5, 5.41) is 3.33. The molecule has 0 fully saturated rings. The number of hydrogen-bond donors (Lipinski definition) is 2. The van der Waals surface area contributed by atoms with Gasteiger partial charge in [-0.15, -0.1) is 0 Å². The van der Waals surface area contributed by atoms with E-state index in [1.807, 2.05) is 20.8 Å². The molecule has 0 aliphatic heterocycles. The van der Waals surface area contributed by atoms with E-state index in [4.69, 9.17) is 19.0 Å². The molecule has 0 saturated heterocycles. The highest BCUT2D eigenvalue weighted by molar-refractivity contribution is 6.60. The Balaban J connectivity index is 4.05. The highest BCUT2D eigenvalue weighted by atomic mass is 28.4. The van der Waals surface area contributed by atoms with E-state index >= 15 is 0 Å². The van der Waals surface area contributed by atoms with Crippen LogP contribution in [0.2, 0.25) is 6.04 Å². The van der Waals surface area contributed by atoms with Crippen LogP contribution >= 0.6 is 0 Å². The van der Waals surface area contributed by atoms with E-state index in [0.29, 0.717) is 19.8 Å². The van der Waals surface area contributed by atoms with Crippen molar-refractivity contribution in [2.45, 2.75) is 33.2 Å². The van der Waals surface area contributed by atoms with Crippen molar-refractivity contribution >= 4 is 8.80 Å². The molecule has 0 radical (unpaired) electrons. The molecule has 0 aromatic heterocycles. The molecule has 6 heteroatoms. The fourth-order valence-corrected chi connectivity index (χ4v) is 4.08. The Kier molecular flexibility index (Phi) is 11.1. The lowest BCUT2D eigenvalue weighted by Crippen LogP contribution is -2.48. The third kappa shape index (κ3) is 7.85. The Bertz CT molecular complexity index is 156. The second-order valence-corrected chi connectivity index (χ2v) is 6.36. The summed E-state index contributed by atoms with van der Waals surface area (Å²) >= 11 is 0. The number of hydrogen-bond acceptors (Lipinski definition) is 5. The molecule has 3 N–H and O–H groups in total. The van der Waals surface area contributed by atoms with Gasteiger partial charge in [0.25, 0.3) is 0 Å². The van der Waals surface area contributed by atoms with E-state index in [1.54, 1.807) is 0 Å². The summed E-state index contributed by atoms with van der Waals surface area (Å²) in [7, 11) is -2.45. The minimum absolute atomic E-state index is 0.634. The van der Waals surface area contributed by atoms with Gasteiger partial charge in [-0.25, -0.2) is 0 Å². The molecule has 0 aromatic rings. The molecule has 0 aliphatic carbocycles. The van der Waals surface area contributed by atoms with Crippen LogP contribution in [0, 0.1) is 0 Å². The predicted octanol–water partition coefficient (Wildman–Crippen LogP) is 0.973. The molecule has 0 rings (SSSR count). The van der Waals surface area contributed by atoms with Gasteiger partial charge in [0.2, 0.25) is 0 Å². The van der Waals surface area contributed by atoms with E-state index < -0.39 is 8.80 Å². The second kappa shape index (κ2) is 11.1. The maximum atomic E-state index is 5.75. The van der Waals surface area contributed by atoms with Gasteiger partial charge in [-0.3, -0.25) is 0 Å². The van der Waals surface area contributed by atoms with Gasteiger partial charge in [0.05, 0.1) is 0 Å². The average Bonchev–Trinajstić information content (AvgIpc) is 2.30. The summed E-state index contributed by atoms with van der Waals surface area (Å²) < 4.78 is 17.2. The summed E-state index contributed by atoms with van der Waals surface area (Å²) in [5.41, 5.74) is 5.43. The van der Waals surface area contributed by atoms with Crippen LogP contribution in [0.3, 0.4) is 0 Å². The molecule has 0 saturated carbocycles. The normalized spacial score (nSPS) is 12.0. The van der Waals surface area contributed by atoms with Crippen molar-refractivity contribution in [2.75, 3.05) is 39.5 Å². The van der Waals surface area contributed by atoms with E-state index in [1.165, 1.54) is 0 Å². The zero-order chi connectivity index (χ0) is 13.0. The fourth-order valence-electron chi connectivity index (χ4n) is 1.59. The third-order valence-corrected chi connectivity index (χ3v) is 5.31. The third-order valence-electron chi connectivity index (χ3n) is 2.26. The largest absolute Gasteiger partial charge is 0.502 e. The van der Waals surface area contributed by atoms with Gasteiger partial charge < -0.3 is 24.3 Å². The molecule has 0 spiro atoms. The van der Waals surface area contributed by atoms with Gasteiger partial charge >= 0.3 is 8.80 Å². The van der Waals surface area contributed by atoms with Gasteiger partial charge in [0.1, 0.15) is 0 Å². The van der Waals surface area contributed by atoms with Crippen molar-refractivity contribution in [3.63, 3.8) is 0 Å². The Labute approximate surface area is 106 Å². The number of rotatable bonds is 12. The molecule has 0 heterocycles. The molecule has 0 aromatic carbocycles. The van der Waals surface area contributed by atoms with Crippen LogP contribution in [-0.4, -0.2) is 48.3 Å². The lowest BCUT2D eigenvalue weighted by Gasteiger charge is -2.28. The first-order valence-electron chi connectivity index (χ1n) is 6.57. The Morgan fingerprint density at radius 3 is 1.88 bits per heavy atom. The summed E-state index contributed by atoms with van der Waals surface area (Å²) in [6.45, 7) is 10.3. The SMILES string of the molecule is CCO[Si](CCNCCCN)(OCC)OCC. The first-order chi connectivity index (χ1) is 8.24. The van der Waals surface area contributed by atoms with Crippen molar-refractivity contribution in [3.8, 4) is 0 Å². The first kappa shape index (κ1) is 17.0. The zero-order valence-corrected chi connectivity index (χ0v) is 12.5. The quantitative estimate of drug-likeness (QED) is 0.406. The van der Waals surface area contributed by atoms with Crippen LogP contribution in [0.25, 0.3) is 0 Å². The lowest BCUT2D eigenvalue weighted by atomic mass is 10.4. The van der Waals surface area contributed by atoms with Gasteiger partial charge in [-0.05, 0) is 46.8 Å². The molecular weight excluding hydrogens is 236 g/mol. The standard InChI is InChI=1S/C11H28N2O3Si/c1-4-14-17(15-5-2,16-6-3)11-10-13-9-7-8-12/h13H,4-12H2,1-3H3. The topological polar surface area (TPSA) is 65.7 Å². The van der Waals surface area contributed by atoms with Crippen molar-refractivity contribution in [3.05, 3.63) is 0 Å². The predicted molar refractivity (Wildman–Crippen MR) is 72.0 cm³/mol. The van der Waals surface area contributed by atoms with Crippen molar-refractivity contribution < 1.29 is 13.3 Å². The summed E-state index contributed by atoms with van der Waals surface area (Å²) in [6, 6.07) is 0.813. The molecular formula is C11H28N2O3Si. The van der Waals surface area contributed by atoms with E-state index in [0.717, 1.165) is 32.1 Å². The van der Waals surface area contributed by atoms with Gasteiger partial charge in [-0.2, -0.15) is 0 Å². The monoisotopic (exact) mass is 264 g/mol. The Morgan fingerprint density at radius 2 is 1.47 bits per heavy atom. The van der Waals surface area contributed by atoms with Crippen LogP contribution in [0.4, 0.5) is 0 Å². The first-order valence-corrected chi connectivity index (χ1v) is 8.50. The Hall–Kier alpha value is 0.0169. The van der Waals surface area contributed by atoms with Crippen molar-refractivity contribution in [1.29, 1.82) is 0 Å². The van der Waals surface area contributed by atoms with E-state index in [9.17, 15) is 0 Å².